The summed E-state index contributed by atoms with van der Waals surface area (Å²) in [4.78, 5) is 26.2. The van der Waals surface area contributed by atoms with Crippen LogP contribution in [0.4, 0.5) is 17.3 Å². The van der Waals surface area contributed by atoms with Crippen molar-refractivity contribution in [1.29, 1.82) is 5.26 Å². The maximum Gasteiger partial charge on any atom is 0.329 e. The molecule has 0 spiro atoms. The van der Waals surface area contributed by atoms with E-state index in [-0.39, 0.29) is 13.2 Å². The van der Waals surface area contributed by atoms with Crippen LogP contribution < -0.4 is 14.9 Å². The lowest BCUT2D eigenvalue weighted by Crippen LogP contribution is -2.37. The second kappa shape index (κ2) is 10.5. The van der Waals surface area contributed by atoms with E-state index in [2.05, 4.69) is 26.3 Å². The Hall–Kier alpha value is -4.01. The second-order valence-electron chi connectivity index (χ2n) is 8.23. The van der Waals surface area contributed by atoms with Gasteiger partial charge in [-0.15, -0.1) is 0 Å². The number of fused-ring (bicyclic) bond motifs is 1. The van der Waals surface area contributed by atoms with Crippen molar-refractivity contribution in [3.05, 3.63) is 53.9 Å². The third-order valence-electron chi connectivity index (χ3n) is 5.75. The van der Waals surface area contributed by atoms with E-state index in [9.17, 15) is 10.1 Å². The molecule has 1 atom stereocenters. The van der Waals surface area contributed by atoms with Crippen molar-refractivity contribution in [3.8, 4) is 23.2 Å². The molecule has 2 N–H and O–H groups in total. The number of nitrogens with one attached hydrogen (secondary N) is 1. The molecule has 4 rings (SSSR count). The van der Waals surface area contributed by atoms with Gasteiger partial charge in [0.1, 0.15) is 17.9 Å². The van der Waals surface area contributed by atoms with E-state index in [4.69, 9.17) is 14.6 Å². The zero-order chi connectivity index (χ0) is 24.8. The number of carbonyl (C=O) groups excluding carboxylic acids is 1. The fourth-order valence-electron chi connectivity index (χ4n) is 4.21. The molecule has 3 heterocycles. The standard InChI is InChI=1S/C24H24BN6O4/c1-24(14-35-9-8-32)13-31(25-15-33)21-17(12-26)10-16(11-18(21)24)19-5-7-28-23(29-19)30-20-4-3-6-27-22(20)34-2/h3-7,10-11,15,32H,8-9,13-14H2,1-2H3,(H,28,29,30). The number of nitriles is 1. The van der Waals surface area contributed by atoms with Crippen LogP contribution in [0.25, 0.3) is 11.3 Å². The van der Waals surface area contributed by atoms with Gasteiger partial charge in [0.15, 0.2) is 0 Å². The predicted molar refractivity (Wildman–Crippen MR) is 131 cm³/mol. The van der Waals surface area contributed by atoms with Gasteiger partial charge >= 0.3 is 7.41 Å². The van der Waals surface area contributed by atoms with Gasteiger partial charge in [-0.05, 0) is 35.9 Å². The SMILES string of the molecule is COc1ncccc1Nc1nccc(-c2cc(C#N)c3c(c2)C(C)(COCCO)CN3[B]C=O)n1. The van der Waals surface area contributed by atoms with Gasteiger partial charge in [0.05, 0.1) is 38.2 Å². The van der Waals surface area contributed by atoms with E-state index < -0.39 is 5.41 Å². The first kappa shape index (κ1) is 24.1. The summed E-state index contributed by atoms with van der Waals surface area (Å²) in [6.07, 6.45) is 3.96. The summed E-state index contributed by atoms with van der Waals surface area (Å²) >= 11 is 0. The van der Waals surface area contributed by atoms with Crippen LogP contribution in [0.15, 0.2) is 42.7 Å². The highest BCUT2D eigenvalue weighted by molar-refractivity contribution is 6.70. The maximum atomic E-state index is 11.3. The van der Waals surface area contributed by atoms with Crippen LogP contribution in [0.3, 0.4) is 0 Å². The van der Waals surface area contributed by atoms with Gasteiger partial charge in [0, 0.05) is 35.6 Å². The monoisotopic (exact) mass is 471 g/mol. The Morgan fingerprint density at radius 2 is 2.20 bits per heavy atom. The fraction of sp³-hybridized carbons (Fsp3) is 0.292. The van der Waals surface area contributed by atoms with Crippen LogP contribution >= 0.6 is 0 Å². The molecule has 0 saturated carbocycles. The van der Waals surface area contributed by atoms with Crippen molar-refractivity contribution in [3.63, 3.8) is 0 Å². The molecule has 2 aromatic heterocycles. The minimum absolute atomic E-state index is 0.0883. The van der Waals surface area contributed by atoms with E-state index in [1.807, 2.05) is 13.0 Å². The van der Waals surface area contributed by atoms with Crippen LogP contribution in [0.2, 0.25) is 0 Å². The lowest BCUT2D eigenvalue weighted by atomic mass is 9.83. The maximum absolute atomic E-state index is 11.3. The molecule has 0 amide bonds. The molecule has 0 aliphatic carbocycles. The topological polar surface area (TPSA) is 133 Å². The number of anilines is 3. The number of aliphatic hydroxyl groups is 1. The number of hydrogen-bond donors (Lipinski definition) is 2. The van der Waals surface area contributed by atoms with Gasteiger partial charge in [0.2, 0.25) is 11.8 Å². The van der Waals surface area contributed by atoms with Crippen LogP contribution in [0.1, 0.15) is 18.1 Å². The van der Waals surface area contributed by atoms with Crippen LogP contribution in [-0.2, 0) is 14.9 Å². The first-order valence-electron chi connectivity index (χ1n) is 10.9. The number of nitrogens with zero attached hydrogens (tertiary/aromatic N) is 5. The van der Waals surface area contributed by atoms with Crippen molar-refractivity contribution in [2.24, 2.45) is 0 Å². The molecule has 11 heteroatoms. The number of aromatic nitrogens is 3. The first-order chi connectivity index (χ1) is 17.0. The van der Waals surface area contributed by atoms with Gasteiger partial charge in [-0.3, -0.25) is 0 Å². The molecule has 3 aromatic rings. The molecule has 1 aliphatic rings. The molecule has 10 nitrogen and oxygen atoms in total. The second-order valence-corrected chi connectivity index (χ2v) is 8.23. The molecule has 1 radical (unpaired) electrons. The molecule has 177 valence electrons. The third kappa shape index (κ3) is 4.94. The molecule has 0 saturated heterocycles. The zero-order valence-electron chi connectivity index (χ0n) is 19.4. The van der Waals surface area contributed by atoms with E-state index in [0.29, 0.717) is 53.8 Å². The fourth-order valence-corrected chi connectivity index (χ4v) is 4.21. The highest BCUT2D eigenvalue weighted by Crippen LogP contribution is 2.44. The lowest BCUT2D eigenvalue weighted by Gasteiger charge is -2.25. The summed E-state index contributed by atoms with van der Waals surface area (Å²) in [6.45, 7) is 2.90. The molecular formula is C24H24BN6O4. The summed E-state index contributed by atoms with van der Waals surface area (Å²) in [5.74, 6) is 0.758. The quantitative estimate of drug-likeness (QED) is 0.257. The Morgan fingerprint density at radius 1 is 1.34 bits per heavy atom. The third-order valence-corrected chi connectivity index (χ3v) is 5.75. The van der Waals surface area contributed by atoms with Gasteiger partial charge in [0.25, 0.3) is 0 Å². The Bertz CT molecular complexity index is 1270. The molecule has 0 bridgehead atoms. The van der Waals surface area contributed by atoms with Crippen molar-refractivity contribution in [2.45, 2.75) is 12.3 Å². The number of hydrogen-bond acceptors (Lipinski definition) is 10. The van der Waals surface area contributed by atoms with E-state index in [1.165, 1.54) is 14.5 Å². The van der Waals surface area contributed by atoms with Crippen LogP contribution in [0, 0.1) is 11.3 Å². The Kier molecular flexibility index (Phi) is 7.24. The number of pyridine rings is 1. The van der Waals surface area contributed by atoms with Crippen molar-refractivity contribution >= 4 is 30.9 Å². The van der Waals surface area contributed by atoms with Crippen molar-refractivity contribution in [2.75, 3.05) is 43.6 Å². The number of carbonyl (C=O) groups is 1. The molecule has 0 fully saturated rings. The van der Waals surface area contributed by atoms with Crippen LogP contribution in [0.5, 0.6) is 5.88 Å². The van der Waals surface area contributed by atoms with E-state index in [0.717, 1.165) is 11.1 Å². The average Bonchev–Trinajstić information content (AvgIpc) is 3.16. The molecular weight excluding hydrogens is 447 g/mol. The molecule has 35 heavy (non-hydrogen) atoms. The molecule has 1 aromatic carbocycles. The van der Waals surface area contributed by atoms with E-state index >= 15 is 0 Å². The number of rotatable bonds is 10. The number of ether oxygens (including phenoxy) is 2. The Morgan fingerprint density at radius 3 is 2.94 bits per heavy atom. The molecule has 1 unspecified atom stereocenters. The van der Waals surface area contributed by atoms with Gasteiger partial charge in [-0.1, -0.05) is 6.92 Å². The average molecular weight is 471 g/mol. The Labute approximate surface area is 203 Å². The first-order valence-corrected chi connectivity index (χ1v) is 10.9. The minimum Gasteiger partial charge on any atom is -0.480 e. The van der Waals surface area contributed by atoms with Gasteiger partial charge in [-0.2, -0.15) is 5.26 Å². The molecule has 1 aliphatic heterocycles. The smallest absolute Gasteiger partial charge is 0.329 e. The summed E-state index contributed by atoms with van der Waals surface area (Å²) in [6, 6.07) is 11.3. The number of benzene rings is 1. The van der Waals surface area contributed by atoms with Gasteiger partial charge in [-0.25, -0.2) is 15.0 Å². The normalized spacial score (nSPS) is 16.3. The van der Waals surface area contributed by atoms with E-state index in [1.54, 1.807) is 41.5 Å². The summed E-state index contributed by atoms with van der Waals surface area (Å²) in [5, 5.41) is 22.2. The minimum atomic E-state index is -0.511. The zero-order valence-corrected chi connectivity index (χ0v) is 19.4. The van der Waals surface area contributed by atoms with Crippen molar-refractivity contribution in [1.82, 2.24) is 15.0 Å². The highest BCUT2D eigenvalue weighted by atomic mass is 16.5. The number of methoxy groups -OCH3 is 1. The summed E-state index contributed by atoms with van der Waals surface area (Å²) in [7, 11) is 2.95. The van der Waals surface area contributed by atoms with Gasteiger partial charge < -0.3 is 29.5 Å². The predicted octanol–water partition coefficient (Wildman–Crippen LogP) is 2.06. The van der Waals surface area contributed by atoms with Crippen molar-refractivity contribution < 1.29 is 19.4 Å². The van der Waals surface area contributed by atoms with Crippen LogP contribution in [-0.4, -0.2) is 67.1 Å². The largest absolute Gasteiger partial charge is 0.480 e. The number of aliphatic hydroxyl groups excluding tert-OH is 1. The Balaban J connectivity index is 1.75. The lowest BCUT2D eigenvalue weighted by molar-refractivity contribution is 0.0639. The summed E-state index contributed by atoms with van der Waals surface area (Å²) in [5.41, 5.74) is 3.40. The highest BCUT2D eigenvalue weighted by Gasteiger charge is 2.41. The summed E-state index contributed by atoms with van der Waals surface area (Å²) < 4.78 is 10.9.